The fourth-order valence-corrected chi connectivity index (χ4v) is 1.81. The third-order valence-electron chi connectivity index (χ3n) is 2.70. The van der Waals surface area contributed by atoms with Gasteiger partial charge in [-0.1, -0.05) is 12.1 Å². The highest BCUT2D eigenvalue weighted by atomic mass is 16.2. The number of benzene rings is 1. The van der Waals surface area contributed by atoms with Crippen LogP contribution in [0.5, 0.6) is 0 Å². The molecule has 0 saturated carbocycles. The van der Waals surface area contributed by atoms with Gasteiger partial charge in [-0.2, -0.15) is 4.68 Å². The van der Waals surface area contributed by atoms with Crippen LogP contribution < -0.4 is 11.3 Å². The number of fused-ring (bicyclic) bond motifs is 1. The Morgan fingerprint density at radius 2 is 2.11 bits per heavy atom. The molecule has 0 radical (unpaired) electrons. The fraction of sp³-hybridized carbons (Fsp3) is 0. The van der Waals surface area contributed by atoms with Crippen LogP contribution in [0.25, 0.3) is 10.9 Å². The van der Waals surface area contributed by atoms with E-state index in [9.17, 15) is 9.59 Å². The number of para-hydroxylation sites is 1. The summed E-state index contributed by atoms with van der Waals surface area (Å²) in [6, 6.07) is 7.12. The second kappa shape index (κ2) is 4.05. The van der Waals surface area contributed by atoms with Crippen LogP contribution in [-0.2, 0) is 0 Å². The molecular formula is C12H9N5O2. The highest BCUT2D eigenvalue weighted by molar-refractivity contribution is 6.02. The van der Waals surface area contributed by atoms with Gasteiger partial charge in [-0.05, 0) is 12.1 Å². The predicted molar refractivity (Wildman–Crippen MR) is 68.7 cm³/mol. The zero-order valence-electron chi connectivity index (χ0n) is 9.70. The fourth-order valence-electron chi connectivity index (χ4n) is 1.81. The summed E-state index contributed by atoms with van der Waals surface area (Å²) in [6.07, 6.45) is 2.29. The molecule has 94 valence electrons. The van der Waals surface area contributed by atoms with Crippen molar-refractivity contribution in [3.05, 3.63) is 52.7 Å². The average Bonchev–Trinajstić information content (AvgIpc) is 2.77. The largest absolute Gasteiger partial charge is 0.382 e. The summed E-state index contributed by atoms with van der Waals surface area (Å²) in [4.78, 5) is 29.3. The van der Waals surface area contributed by atoms with E-state index in [1.54, 1.807) is 18.2 Å². The van der Waals surface area contributed by atoms with Gasteiger partial charge in [-0.3, -0.25) is 9.59 Å². The van der Waals surface area contributed by atoms with Gasteiger partial charge >= 0.3 is 0 Å². The number of nitrogens with one attached hydrogen (secondary N) is 1. The van der Waals surface area contributed by atoms with Crippen molar-refractivity contribution in [3.63, 3.8) is 0 Å². The first kappa shape index (κ1) is 11.1. The van der Waals surface area contributed by atoms with Gasteiger partial charge in [0.2, 0.25) is 0 Å². The summed E-state index contributed by atoms with van der Waals surface area (Å²) < 4.78 is 1.17. The number of carbonyl (C=O) groups is 1. The molecule has 0 amide bonds. The van der Waals surface area contributed by atoms with E-state index in [0.29, 0.717) is 10.9 Å². The lowest BCUT2D eigenvalue weighted by atomic mass is 10.2. The Balaban J connectivity index is 2.17. The number of anilines is 1. The summed E-state index contributed by atoms with van der Waals surface area (Å²) >= 11 is 0. The molecule has 0 bridgehead atoms. The lowest BCUT2D eigenvalue weighted by Crippen LogP contribution is -2.18. The molecule has 0 aliphatic carbocycles. The molecule has 3 aromatic rings. The molecule has 2 aromatic heterocycles. The number of hydrogen-bond donors (Lipinski definition) is 2. The van der Waals surface area contributed by atoms with Crippen molar-refractivity contribution in [2.75, 3.05) is 5.73 Å². The first-order chi connectivity index (χ1) is 9.16. The van der Waals surface area contributed by atoms with E-state index in [1.807, 2.05) is 6.07 Å². The Labute approximate surface area is 106 Å². The normalized spacial score (nSPS) is 10.7. The standard InChI is InChI=1S/C12H9N5O2/c13-11-7-3-1-2-4-9(7)17(16-11)12(19)8-5-15-10(18)6-14-8/h1-6H,(H2,13,16)(H,15,18). The van der Waals surface area contributed by atoms with Gasteiger partial charge in [0, 0.05) is 11.6 Å². The molecule has 0 aliphatic rings. The summed E-state index contributed by atoms with van der Waals surface area (Å²) in [6.45, 7) is 0. The van der Waals surface area contributed by atoms with Crippen LogP contribution in [0.1, 0.15) is 10.5 Å². The third kappa shape index (κ3) is 1.77. The lowest BCUT2D eigenvalue weighted by molar-refractivity contribution is 0.0945. The van der Waals surface area contributed by atoms with Gasteiger partial charge in [0.1, 0.15) is 5.69 Å². The molecular weight excluding hydrogens is 246 g/mol. The average molecular weight is 255 g/mol. The molecule has 0 unspecified atom stereocenters. The van der Waals surface area contributed by atoms with Crippen molar-refractivity contribution in [1.82, 2.24) is 19.7 Å². The van der Waals surface area contributed by atoms with E-state index in [-0.39, 0.29) is 17.1 Å². The molecule has 3 rings (SSSR count). The number of rotatable bonds is 1. The van der Waals surface area contributed by atoms with Crippen LogP contribution in [0.15, 0.2) is 41.5 Å². The van der Waals surface area contributed by atoms with Crippen LogP contribution in [0.4, 0.5) is 5.82 Å². The van der Waals surface area contributed by atoms with E-state index >= 15 is 0 Å². The molecule has 7 heteroatoms. The maximum absolute atomic E-state index is 12.2. The van der Waals surface area contributed by atoms with Crippen LogP contribution in [0, 0.1) is 0 Å². The van der Waals surface area contributed by atoms with Gasteiger partial charge in [-0.15, -0.1) is 5.10 Å². The summed E-state index contributed by atoms with van der Waals surface area (Å²) in [7, 11) is 0. The maximum Gasteiger partial charge on any atom is 0.298 e. The van der Waals surface area contributed by atoms with Crippen LogP contribution in [0.2, 0.25) is 0 Å². The summed E-state index contributed by atoms with van der Waals surface area (Å²) in [5, 5.41) is 4.70. The number of nitrogen functional groups attached to an aromatic ring is 1. The number of nitrogens with two attached hydrogens (primary N) is 1. The quantitative estimate of drug-likeness (QED) is 0.654. The SMILES string of the molecule is Nc1nn(C(=O)c2c[nH]c(=O)cn2)c2ccccc12. The number of hydrogen-bond acceptors (Lipinski definition) is 5. The number of aromatic nitrogens is 4. The second-order valence-electron chi connectivity index (χ2n) is 3.92. The van der Waals surface area contributed by atoms with Gasteiger partial charge in [0.15, 0.2) is 5.82 Å². The summed E-state index contributed by atoms with van der Waals surface area (Å²) in [5.74, 6) is -0.183. The molecule has 0 atom stereocenters. The highest BCUT2D eigenvalue weighted by Gasteiger charge is 2.16. The minimum Gasteiger partial charge on any atom is -0.382 e. The molecule has 0 saturated heterocycles. The topological polar surface area (TPSA) is 107 Å². The zero-order valence-corrected chi connectivity index (χ0v) is 9.70. The van der Waals surface area contributed by atoms with Crippen molar-refractivity contribution >= 4 is 22.6 Å². The van der Waals surface area contributed by atoms with E-state index in [4.69, 9.17) is 5.73 Å². The Kier molecular flexibility index (Phi) is 2.38. The van der Waals surface area contributed by atoms with E-state index in [1.165, 1.54) is 10.9 Å². The lowest BCUT2D eigenvalue weighted by Gasteiger charge is -2.00. The highest BCUT2D eigenvalue weighted by Crippen LogP contribution is 2.20. The number of carbonyl (C=O) groups excluding carboxylic acids is 1. The third-order valence-corrected chi connectivity index (χ3v) is 2.70. The first-order valence-corrected chi connectivity index (χ1v) is 5.49. The molecule has 0 aliphatic heterocycles. The van der Waals surface area contributed by atoms with Crippen molar-refractivity contribution in [3.8, 4) is 0 Å². The molecule has 0 spiro atoms. The smallest absolute Gasteiger partial charge is 0.298 e. The van der Waals surface area contributed by atoms with Crippen LogP contribution in [-0.4, -0.2) is 25.7 Å². The number of nitrogens with zero attached hydrogens (tertiary/aromatic N) is 3. The van der Waals surface area contributed by atoms with Crippen LogP contribution in [0.3, 0.4) is 0 Å². The molecule has 2 heterocycles. The molecule has 19 heavy (non-hydrogen) atoms. The predicted octanol–water partition coefficient (Wildman–Crippen LogP) is 0.390. The molecule has 1 aromatic carbocycles. The Morgan fingerprint density at radius 1 is 1.32 bits per heavy atom. The van der Waals surface area contributed by atoms with Crippen molar-refractivity contribution in [1.29, 1.82) is 0 Å². The first-order valence-electron chi connectivity index (χ1n) is 5.49. The van der Waals surface area contributed by atoms with E-state index in [2.05, 4.69) is 15.1 Å². The van der Waals surface area contributed by atoms with Crippen molar-refractivity contribution < 1.29 is 4.79 Å². The van der Waals surface area contributed by atoms with Crippen LogP contribution >= 0.6 is 0 Å². The van der Waals surface area contributed by atoms with E-state index in [0.717, 1.165) is 6.20 Å². The zero-order chi connectivity index (χ0) is 13.4. The Bertz CT molecular complexity index is 813. The Morgan fingerprint density at radius 3 is 2.84 bits per heavy atom. The van der Waals surface area contributed by atoms with Gasteiger partial charge in [-0.25, -0.2) is 4.98 Å². The van der Waals surface area contributed by atoms with Gasteiger partial charge < -0.3 is 10.7 Å². The molecule has 7 nitrogen and oxygen atoms in total. The van der Waals surface area contributed by atoms with Gasteiger partial charge in [0.05, 0.1) is 11.7 Å². The van der Waals surface area contributed by atoms with Crippen molar-refractivity contribution in [2.24, 2.45) is 0 Å². The molecule has 0 fully saturated rings. The number of H-pyrrole nitrogens is 1. The summed E-state index contributed by atoms with van der Waals surface area (Å²) in [5.41, 5.74) is 6.07. The Hall–Kier alpha value is -2.96. The van der Waals surface area contributed by atoms with Crippen molar-refractivity contribution in [2.45, 2.75) is 0 Å². The number of aromatic amines is 1. The minimum atomic E-state index is -0.454. The monoisotopic (exact) mass is 255 g/mol. The van der Waals surface area contributed by atoms with Gasteiger partial charge in [0.25, 0.3) is 11.5 Å². The second-order valence-corrected chi connectivity index (χ2v) is 3.92. The minimum absolute atomic E-state index is 0.0906. The maximum atomic E-state index is 12.2. The molecule has 3 N–H and O–H groups in total. The van der Waals surface area contributed by atoms with E-state index < -0.39 is 5.91 Å².